The first-order valence-electron chi connectivity index (χ1n) is 10.2. The molecule has 4 heteroatoms. The Morgan fingerprint density at radius 1 is 0.875 bits per heavy atom. The average molecular weight is 337 g/mol. The van der Waals surface area contributed by atoms with Crippen LogP contribution in [0.25, 0.3) is 0 Å². The summed E-state index contributed by atoms with van der Waals surface area (Å²) in [6, 6.07) is 1.55. The maximum absolute atomic E-state index is 13.0. The number of nitrogens with zero attached hydrogens (tertiary/aromatic N) is 2. The number of aliphatic hydroxyl groups is 1. The summed E-state index contributed by atoms with van der Waals surface area (Å²) in [7, 11) is 2.12. The summed E-state index contributed by atoms with van der Waals surface area (Å²) in [6.45, 7) is 3.25. The molecule has 3 fully saturated rings. The molecule has 1 amide bonds. The summed E-state index contributed by atoms with van der Waals surface area (Å²) in [6.07, 6.45) is 11.8. The lowest BCUT2D eigenvalue weighted by molar-refractivity contribution is -0.136. The molecule has 3 aliphatic rings. The Labute approximate surface area is 147 Å². The van der Waals surface area contributed by atoms with Crippen molar-refractivity contribution in [1.29, 1.82) is 0 Å². The van der Waals surface area contributed by atoms with E-state index in [2.05, 4.69) is 23.8 Å². The number of hydrogen-bond donors (Lipinski definition) is 1. The van der Waals surface area contributed by atoms with E-state index in [4.69, 9.17) is 0 Å². The minimum Gasteiger partial charge on any atom is -0.396 e. The quantitative estimate of drug-likeness (QED) is 0.811. The lowest BCUT2D eigenvalue weighted by Gasteiger charge is -2.39. The van der Waals surface area contributed by atoms with Gasteiger partial charge >= 0.3 is 0 Å². The third kappa shape index (κ3) is 4.51. The van der Waals surface area contributed by atoms with Gasteiger partial charge in [0.1, 0.15) is 0 Å². The molecule has 0 aromatic rings. The third-order valence-corrected chi connectivity index (χ3v) is 6.69. The Kier molecular flexibility index (Phi) is 6.20. The molecular formula is C20H36N2O2. The molecule has 3 saturated carbocycles. The van der Waals surface area contributed by atoms with Crippen LogP contribution in [0.5, 0.6) is 0 Å². The number of amides is 1. The van der Waals surface area contributed by atoms with Crippen LogP contribution in [0.3, 0.4) is 0 Å². The molecule has 0 aliphatic heterocycles. The highest BCUT2D eigenvalue weighted by Gasteiger charge is 2.39. The van der Waals surface area contributed by atoms with Crippen molar-refractivity contribution < 1.29 is 9.90 Å². The number of hydrogen-bond acceptors (Lipinski definition) is 3. The zero-order valence-electron chi connectivity index (χ0n) is 15.6. The van der Waals surface area contributed by atoms with Crippen molar-refractivity contribution >= 4 is 5.91 Å². The summed E-state index contributed by atoms with van der Waals surface area (Å²) >= 11 is 0. The first-order valence-corrected chi connectivity index (χ1v) is 10.2. The van der Waals surface area contributed by atoms with E-state index < -0.39 is 0 Å². The van der Waals surface area contributed by atoms with Gasteiger partial charge in [-0.05, 0) is 83.1 Å². The molecular weight excluding hydrogens is 300 g/mol. The Hall–Kier alpha value is -0.610. The normalized spacial score (nSPS) is 34.3. The lowest BCUT2D eigenvalue weighted by Crippen LogP contribution is -2.49. The molecule has 3 aliphatic carbocycles. The molecule has 0 unspecified atom stereocenters. The molecule has 0 heterocycles. The molecule has 0 atom stereocenters. The number of carbonyl (C=O) groups excluding carboxylic acids is 1. The first kappa shape index (κ1) is 18.2. The fraction of sp³-hybridized carbons (Fsp3) is 0.950. The molecule has 0 bridgehead atoms. The van der Waals surface area contributed by atoms with E-state index in [0.717, 1.165) is 31.6 Å². The van der Waals surface area contributed by atoms with Crippen LogP contribution in [0.2, 0.25) is 0 Å². The van der Waals surface area contributed by atoms with Gasteiger partial charge < -0.3 is 10.0 Å². The van der Waals surface area contributed by atoms with Crippen LogP contribution in [0.4, 0.5) is 0 Å². The molecule has 0 radical (unpaired) electrons. The maximum Gasteiger partial charge on any atom is 0.237 e. The van der Waals surface area contributed by atoms with Crippen molar-refractivity contribution in [2.24, 2.45) is 11.8 Å². The van der Waals surface area contributed by atoms with E-state index in [9.17, 15) is 9.90 Å². The highest BCUT2D eigenvalue weighted by Crippen LogP contribution is 2.35. The van der Waals surface area contributed by atoms with Crippen LogP contribution in [0, 0.1) is 11.8 Å². The fourth-order valence-electron chi connectivity index (χ4n) is 4.77. The van der Waals surface area contributed by atoms with Gasteiger partial charge in [0.15, 0.2) is 0 Å². The van der Waals surface area contributed by atoms with E-state index in [0.29, 0.717) is 43.1 Å². The third-order valence-electron chi connectivity index (χ3n) is 6.69. The molecule has 24 heavy (non-hydrogen) atoms. The number of aliphatic hydroxyl groups excluding tert-OH is 1. The second kappa shape index (κ2) is 8.18. The van der Waals surface area contributed by atoms with Gasteiger partial charge in [0.05, 0.1) is 6.54 Å². The molecule has 3 rings (SSSR count). The molecule has 4 nitrogen and oxygen atoms in total. The van der Waals surface area contributed by atoms with Crippen LogP contribution in [-0.2, 0) is 4.79 Å². The van der Waals surface area contributed by atoms with Gasteiger partial charge in [-0.25, -0.2) is 0 Å². The van der Waals surface area contributed by atoms with Gasteiger partial charge in [-0.1, -0.05) is 6.92 Å². The summed E-state index contributed by atoms with van der Waals surface area (Å²) < 4.78 is 0. The maximum atomic E-state index is 13.0. The number of rotatable bonds is 6. The Morgan fingerprint density at radius 3 is 1.88 bits per heavy atom. The van der Waals surface area contributed by atoms with E-state index in [-0.39, 0.29) is 0 Å². The zero-order chi connectivity index (χ0) is 17.1. The predicted molar refractivity (Wildman–Crippen MR) is 96.7 cm³/mol. The minimum absolute atomic E-state index is 0.324. The molecule has 0 aromatic heterocycles. The van der Waals surface area contributed by atoms with Gasteiger partial charge in [-0.2, -0.15) is 0 Å². The molecule has 138 valence electrons. The lowest BCUT2D eigenvalue weighted by atomic mass is 9.85. The molecule has 0 spiro atoms. The van der Waals surface area contributed by atoms with Gasteiger partial charge in [0, 0.05) is 24.7 Å². The summed E-state index contributed by atoms with van der Waals surface area (Å²) in [4.78, 5) is 17.6. The van der Waals surface area contributed by atoms with Crippen molar-refractivity contribution in [3.8, 4) is 0 Å². The van der Waals surface area contributed by atoms with Crippen molar-refractivity contribution in [1.82, 2.24) is 9.80 Å². The Balaban J connectivity index is 1.52. The summed E-state index contributed by atoms with van der Waals surface area (Å²) in [5.74, 6) is 1.68. The number of likely N-dealkylation sites (N-methyl/N-ethyl adjacent to an activating group) is 1. The fourth-order valence-corrected chi connectivity index (χ4v) is 4.77. The second-order valence-corrected chi connectivity index (χ2v) is 8.72. The standard InChI is InChI=1S/C20H36N2O2/c1-15-3-7-18(8-4-15)22(19-11-12-19)20(24)13-21(2)17-9-5-16(14-23)6-10-17/h15-19,23H,3-14H2,1-2H3. The first-order chi connectivity index (χ1) is 11.6. The second-order valence-electron chi connectivity index (χ2n) is 8.72. The Morgan fingerprint density at radius 2 is 1.38 bits per heavy atom. The largest absolute Gasteiger partial charge is 0.396 e. The smallest absolute Gasteiger partial charge is 0.237 e. The Bertz CT molecular complexity index is 408. The van der Waals surface area contributed by atoms with Crippen LogP contribution in [-0.4, -0.2) is 59.1 Å². The minimum atomic E-state index is 0.324. The summed E-state index contributed by atoms with van der Waals surface area (Å²) in [5.41, 5.74) is 0. The summed E-state index contributed by atoms with van der Waals surface area (Å²) in [5, 5.41) is 9.29. The highest BCUT2D eigenvalue weighted by atomic mass is 16.3. The van der Waals surface area contributed by atoms with Gasteiger partial charge in [-0.3, -0.25) is 9.69 Å². The highest BCUT2D eigenvalue weighted by molar-refractivity contribution is 5.79. The van der Waals surface area contributed by atoms with Crippen molar-refractivity contribution in [3.05, 3.63) is 0 Å². The van der Waals surface area contributed by atoms with E-state index in [1.807, 2.05) is 0 Å². The van der Waals surface area contributed by atoms with Crippen LogP contribution < -0.4 is 0 Å². The SMILES string of the molecule is CC1CCC(N(C(=O)CN(C)C2CCC(CO)CC2)C2CC2)CC1. The van der Waals surface area contributed by atoms with Crippen LogP contribution in [0.15, 0.2) is 0 Å². The van der Waals surface area contributed by atoms with Gasteiger partial charge in [0.25, 0.3) is 0 Å². The topological polar surface area (TPSA) is 43.8 Å². The van der Waals surface area contributed by atoms with Gasteiger partial charge in [-0.15, -0.1) is 0 Å². The van der Waals surface area contributed by atoms with E-state index >= 15 is 0 Å². The molecule has 0 saturated heterocycles. The molecule has 0 aromatic carbocycles. The van der Waals surface area contributed by atoms with Crippen LogP contribution >= 0.6 is 0 Å². The van der Waals surface area contributed by atoms with Crippen molar-refractivity contribution in [2.75, 3.05) is 20.2 Å². The van der Waals surface area contributed by atoms with E-state index in [1.54, 1.807) is 0 Å². The van der Waals surface area contributed by atoms with Crippen LogP contribution in [0.1, 0.15) is 71.1 Å². The van der Waals surface area contributed by atoms with Crippen molar-refractivity contribution in [3.63, 3.8) is 0 Å². The van der Waals surface area contributed by atoms with E-state index in [1.165, 1.54) is 38.5 Å². The zero-order valence-corrected chi connectivity index (χ0v) is 15.6. The van der Waals surface area contributed by atoms with Gasteiger partial charge in [0.2, 0.25) is 5.91 Å². The molecule has 1 N–H and O–H groups in total. The average Bonchev–Trinajstić information content (AvgIpc) is 3.42. The van der Waals surface area contributed by atoms with Crippen molar-refractivity contribution in [2.45, 2.75) is 89.3 Å². The predicted octanol–water partition coefficient (Wildman–Crippen LogP) is 3.04. The monoisotopic (exact) mass is 336 g/mol. The number of carbonyl (C=O) groups is 1.